The molecule has 2 fully saturated rings. The van der Waals surface area contributed by atoms with E-state index >= 15 is 0 Å². The minimum atomic E-state index is -0.918. The van der Waals surface area contributed by atoms with Crippen molar-refractivity contribution in [2.45, 2.75) is 70.4 Å². The van der Waals surface area contributed by atoms with Gasteiger partial charge in [0.2, 0.25) is 0 Å². The molecule has 1 aliphatic heterocycles. The molecule has 7 heteroatoms. The molecule has 2 aromatic carbocycles. The first-order chi connectivity index (χ1) is 17.1. The molecule has 0 spiro atoms. The molecule has 1 heterocycles. The van der Waals surface area contributed by atoms with Crippen molar-refractivity contribution in [2.75, 3.05) is 0 Å². The van der Waals surface area contributed by atoms with Crippen molar-refractivity contribution in [1.29, 1.82) is 0 Å². The quantitative estimate of drug-likeness (QED) is 0.455. The van der Waals surface area contributed by atoms with E-state index in [1.165, 1.54) is 10.0 Å². The maximum atomic E-state index is 13.2. The Hall–Kier alpha value is -3.50. The Morgan fingerprint density at radius 3 is 2.06 bits per heavy atom. The van der Waals surface area contributed by atoms with E-state index in [1.54, 1.807) is 0 Å². The van der Waals surface area contributed by atoms with Gasteiger partial charge in [-0.2, -0.15) is 0 Å². The second-order valence-corrected chi connectivity index (χ2v) is 8.94. The van der Waals surface area contributed by atoms with Crippen LogP contribution in [0.1, 0.15) is 50.2 Å². The van der Waals surface area contributed by atoms with Crippen molar-refractivity contribution in [3.63, 3.8) is 0 Å². The smallest absolute Gasteiger partial charge is 0.429 e. The summed E-state index contributed by atoms with van der Waals surface area (Å²) in [6, 6.07) is 17.4. The minimum absolute atomic E-state index is 0.0594. The first kappa shape index (κ1) is 24.6. The molecule has 0 radical (unpaired) electrons. The fourth-order valence-electron chi connectivity index (χ4n) is 4.68. The average Bonchev–Trinajstić information content (AvgIpc) is 3.36. The van der Waals surface area contributed by atoms with Gasteiger partial charge >= 0.3 is 12.2 Å². The van der Waals surface area contributed by atoms with Gasteiger partial charge in [-0.15, -0.1) is 5.92 Å². The van der Waals surface area contributed by atoms with Crippen LogP contribution in [0.4, 0.5) is 9.59 Å². The van der Waals surface area contributed by atoms with Crippen LogP contribution >= 0.6 is 0 Å². The summed E-state index contributed by atoms with van der Waals surface area (Å²) in [5, 5.41) is 13.4. The third kappa shape index (κ3) is 5.77. The number of nitrogens with zero attached hydrogens (tertiary/aromatic N) is 2. The lowest BCUT2D eigenvalue weighted by Gasteiger charge is -2.37. The van der Waals surface area contributed by atoms with Gasteiger partial charge in [0.1, 0.15) is 19.3 Å². The molecule has 7 nitrogen and oxygen atoms in total. The molecule has 0 aromatic heterocycles. The summed E-state index contributed by atoms with van der Waals surface area (Å²) < 4.78 is 11.0. The molecule has 1 N–H and O–H groups in total. The van der Waals surface area contributed by atoms with E-state index in [0.717, 1.165) is 36.8 Å². The first-order valence-corrected chi connectivity index (χ1v) is 12.3. The average molecular weight is 477 g/mol. The summed E-state index contributed by atoms with van der Waals surface area (Å²) in [7, 11) is 0. The summed E-state index contributed by atoms with van der Waals surface area (Å²) in [6.07, 6.45) is 2.21. The number of rotatable bonds is 7. The molecule has 1 saturated heterocycles. The first-order valence-electron chi connectivity index (χ1n) is 12.3. The lowest BCUT2D eigenvalue weighted by atomic mass is 10.0. The van der Waals surface area contributed by atoms with Crippen LogP contribution in [0.15, 0.2) is 60.7 Å². The van der Waals surface area contributed by atoms with E-state index in [9.17, 15) is 14.7 Å². The zero-order chi connectivity index (χ0) is 24.6. The van der Waals surface area contributed by atoms with Gasteiger partial charge in [0.25, 0.3) is 0 Å². The molecule has 2 amide bonds. The SMILES string of the molecule is CCCCCC#CC1C[C@@H]2[C@H](O)[C@H]1N(C(=O)OCc1ccccc1)N2C(=O)OCc1ccccc1. The van der Waals surface area contributed by atoms with Gasteiger partial charge in [-0.25, -0.2) is 19.6 Å². The van der Waals surface area contributed by atoms with E-state index < -0.39 is 30.4 Å². The van der Waals surface area contributed by atoms with Gasteiger partial charge in [0.15, 0.2) is 0 Å². The highest BCUT2D eigenvalue weighted by Crippen LogP contribution is 2.42. The van der Waals surface area contributed by atoms with Crippen molar-refractivity contribution < 1.29 is 24.2 Å². The number of fused-ring (bicyclic) bond motifs is 2. The monoisotopic (exact) mass is 476 g/mol. The molecule has 1 saturated carbocycles. The summed E-state index contributed by atoms with van der Waals surface area (Å²) >= 11 is 0. The van der Waals surface area contributed by atoms with Gasteiger partial charge in [0.05, 0.1) is 12.1 Å². The molecule has 35 heavy (non-hydrogen) atoms. The Balaban J connectivity index is 1.49. The van der Waals surface area contributed by atoms with Crippen LogP contribution in [0.2, 0.25) is 0 Å². The van der Waals surface area contributed by atoms with Crippen LogP contribution in [0, 0.1) is 17.8 Å². The molecule has 184 valence electrons. The van der Waals surface area contributed by atoms with Crippen LogP contribution in [-0.4, -0.2) is 45.5 Å². The summed E-state index contributed by atoms with van der Waals surface area (Å²) in [4.78, 5) is 26.3. The number of ether oxygens (including phenoxy) is 2. The zero-order valence-corrected chi connectivity index (χ0v) is 20.0. The number of carbonyl (C=O) groups is 2. The number of carbonyl (C=O) groups excluding carboxylic acids is 2. The topological polar surface area (TPSA) is 79.3 Å². The third-order valence-electron chi connectivity index (χ3n) is 6.46. The van der Waals surface area contributed by atoms with Gasteiger partial charge in [0, 0.05) is 12.3 Å². The largest absolute Gasteiger partial charge is 0.443 e. The molecule has 2 bridgehead atoms. The van der Waals surface area contributed by atoms with Crippen molar-refractivity contribution in [1.82, 2.24) is 10.0 Å². The number of amides is 2. The minimum Gasteiger partial charge on any atom is -0.443 e. The fraction of sp³-hybridized carbons (Fsp3) is 0.429. The molecule has 2 aliphatic rings. The Bertz CT molecular complexity index is 1050. The lowest BCUT2D eigenvalue weighted by Crippen LogP contribution is -2.55. The van der Waals surface area contributed by atoms with Crippen molar-refractivity contribution in [3.05, 3.63) is 71.8 Å². The summed E-state index contributed by atoms with van der Waals surface area (Å²) in [5.41, 5.74) is 1.66. The van der Waals surface area contributed by atoms with E-state index in [1.807, 2.05) is 60.7 Å². The third-order valence-corrected chi connectivity index (χ3v) is 6.46. The Morgan fingerprint density at radius 2 is 1.49 bits per heavy atom. The summed E-state index contributed by atoms with van der Waals surface area (Å²) in [6.45, 7) is 2.27. The van der Waals surface area contributed by atoms with Gasteiger partial charge in [-0.1, -0.05) is 86.3 Å². The maximum Gasteiger partial charge on any atom is 0.429 e. The predicted molar refractivity (Wildman–Crippen MR) is 131 cm³/mol. The molecule has 1 unspecified atom stereocenters. The Kier molecular flexibility index (Phi) is 8.27. The maximum absolute atomic E-state index is 13.2. The van der Waals surface area contributed by atoms with Gasteiger partial charge in [-0.05, 0) is 24.0 Å². The second-order valence-electron chi connectivity index (χ2n) is 8.94. The number of unbranched alkanes of at least 4 members (excludes halogenated alkanes) is 3. The van der Waals surface area contributed by atoms with Crippen LogP contribution < -0.4 is 0 Å². The highest BCUT2D eigenvalue weighted by molar-refractivity contribution is 5.76. The van der Waals surface area contributed by atoms with E-state index in [4.69, 9.17) is 9.47 Å². The molecule has 4 rings (SSSR count). The lowest BCUT2D eigenvalue weighted by molar-refractivity contribution is -0.0510. The number of benzene rings is 2. The molecule has 4 atom stereocenters. The van der Waals surface area contributed by atoms with Crippen LogP contribution in [0.5, 0.6) is 0 Å². The van der Waals surface area contributed by atoms with Gasteiger partial charge in [-0.3, -0.25) is 0 Å². The summed E-state index contributed by atoms with van der Waals surface area (Å²) in [5.74, 6) is 6.20. The predicted octanol–water partition coefficient (Wildman–Crippen LogP) is 4.89. The second kappa shape index (κ2) is 11.8. The van der Waals surface area contributed by atoms with Crippen molar-refractivity contribution in [3.8, 4) is 11.8 Å². The van der Waals surface area contributed by atoms with E-state index in [-0.39, 0.29) is 19.1 Å². The number of aliphatic hydroxyl groups is 1. The van der Waals surface area contributed by atoms with Gasteiger partial charge < -0.3 is 14.6 Å². The number of hydrazine groups is 1. The molecule has 1 aliphatic carbocycles. The Labute approximate surface area is 206 Å². The van der Waals surface area contributed by atoms with E-state index in [2.05, 4.69) is 18.8 Å². The normalized spacial score (nSPS) is 22.5. The van der Waals surface area contributed by atoms with Crippen molar-refractivity contribution >= 4 is 12.2 Å². The molecule has 2 aromatic rings. The molecular weight excluding hydrogens is 444 g/mol. The standard InChI is InChI=1S/C28H32N2O5/c1-2-3-4-5-12-17-23-18-24-26(31)25(23)30(28(33)35-20-22-15-10-7-11-16-22)29(24)27(32)34-19-21-13-8-6-9-14-21/h6-11,13-16,23-26,31H,2-5,18-20H2,1H3/t23?,24-,25+,26+/m1/s1. The highest BCUT2D eigenvalue weighted by Gasteiger charge is 2.61. The number of hydrogen-bond acceptors (Lipinski definition) is 5. The number of aliphatic hydroxyl groups excluding tert-OH is 1. The zero-order valence-electron chi connectivity index (χ0n) is 20.0. The number of hydrogen-bond donors (Lipinski definition) is 1. The Morgan fingerprint density at radius 1 is 0.914 bits per heavy atom. The fourth-order valence-corrected chi connectivity index (χ4v) is 4.68. The van der Waals surface area contributed by atoms with Crippen LogP contribution in [0.25, 0.3) is 0 Å². The van der Waals surface area contributed by atoms with Crippen molar-refractivity contribution in [2.24, 2.45) is 5.92 Å². The van der Waals surface area contributed by atoms with Crippen LogP contribution in [-0.2, 0) is 22.7 Å². The van der Waals surface area contributed by atoms with Crippen LogP contribution in [0.3, 0.4) is 0 Å². The van der Waals surface area contributed by atoms with E-state index in [0.29, 0.717) is 6.42 Å². The highest BCUT2D eigenvalue weighted by atomic mass is 16.6. The molecular formula is C28H32N2O5.